The average molecular weight is 330 g/mol. The van der Waals surface area contributed by atoms with Crippen LogP contribution >= 0.6 is 0 Å². The molecule has 0 unspecified atom stereocenters. The first kappa shape index (κ1) is 17.7. The van der Waals surface area contributed by atoms with Crippen LogP contribution in [-0.2, 0) is 22.5 Å². The van der Waals surface area contributed by atoms with Gasteiger partial charge in [0.1, 0.15) is 6.61 Å². The van der Waals surface area contributed by atoms with Crippen molar-refractivity contribution in [1.82, 2.24) is 10.2 Å². The van der Waals surface area contributed by atoms with Crippen molar-refractivity contribution >= 4 is 5.91 Å². The minimum Gasteiger partial charge on any atom is -0.370 e. The molecule has 0 saturated heterocycles. The fraction of sp³-hybridized carbons (Fsp3) is 0.562. The van der Waals surface area contributed by atoms with Gasteiger partial charge in [0.15, 0.2) is 0 Å². The molecule has 2 rings (SSSR count). The van der Waals surface area contributed by atoms with Gasteiger partial charge in [-0.3, -0.25) is 9.69 Å². The van der Waals surface area contributed by atoms with Crippen LogP contribution in [0.4, 0.5) is 13.2 Å². The molecule has 1 amide bonds. The quantitative estimate of drug-likeness (QED) is 0.813. The lowest BCUT2D eigenvalue weighted by atomic mass is 9.99. The second-order valence-corrected chi connectivity index (χ2v) is 5.62. The summed E-state index contributed by atoms with van der Waals surface area (Å²) in [7, 11) is 0. The summed E-state index contributed by atoms with van der Waals surface area (Å²) in [4.78, 5) is 14.1. The summed E-state index contributed by atoms with van der Waals surface area (Å²) >= 11 is 0. The molecule has 1 aliphatic rings. The van der Waals surface area contributed by atoms with Crippen LogP contribution in [0.2, 0.25) is 0 Å². The maximum Gasteiger partial charge on any atom is 0.411 e. The van der Waals surface area contributed by atoms with Gasteiger partial charge in [-0.1, -0.05) is 24.3 Å². The summed E-state index contributed by atoms with van der Waals surface area (Å²) in [5.41, 5.74) is 2.52. The Morgan fingerprint density at radius 2 is 2.04 bits per heavy atom. The Morgan fingerprint density at radius 1 is 1.35 bits per heavy atom. The molecule has 0 saturated carbocycles. The predicted octanol–water partition coefficient (Wildman–Crippen LogP) is 2.13. The Balaban J connectivity index is 1.73. The van der Waals surface area contributed by atoms with E-state index in [1.54, 1.807) is 6.92 Å². The molecule has 0 radical (unpaired) electrons. The molecular weight excluding hydrogens is 309 g/mol. The molecule has 0 bridgehead atoms. The first-order valence-electron chi connectivity index (χ1n) is 7.60. The first-order valence-corrected chi connectivity index (χ1v) is 7.60. The van der Waals surface area contributed by atoms with E-state index in [2.05, 4.69) is 27.1 Å². The zero-order valence-electron chi connectivity index (χ0n) is 13.0. The summed E-state index contributed by atoms with van der Waals surface area (Å²) in [5.74, 6) is -0.194. The van der Waals surface area contributed by atoms with Gasteiger partial charge in [0.05, 0.1) is 12.6 Å². The summed E-state index contributed by atoms with van der Waals surface area (Å²) in [5, 5.41) is 2.62. The molecule has 0 aromatic heterocycles. The Labute approximate surface area is 133 Å². The van der Waals surface area contributed by atoms with Crippen molar-refractivity contribution in [3.05, 3.63) is 35.4 Å². The highest BCUT2D eigenvalue weighted by Crippen LogP contribution is 2.20. The highest BCUT2D eigenvalue weighted by atomic mass is 19.4. The van der Waals surface area contributed by atoms with E-state index < -0.39 is 12.8 Å². The van der Waals surface area contributed by atoms with E-state index in [4.69, 9.17) is 0 Å². The topological polar surface area (TPSA) is 41.6 Å². The van der Waals surface area contributed by atoms with Crippen molar-refractivity contribution in [3.8, 4) is 0 Å². The number of rotatable bonds is 6. The number of benzene rings is 1. The molecule has 1 aromatic rings. The number of amides is 1. The van der Waals surface area contributed by atoms with Gasteiger partial charge >= 0.3 is 6.18 Å². The lowest BCUT2D eigenvalue weighted by Gasteiger charge is -2.32. The molecule has 0 aliphatic carbocycles. The van der Waals surface area contributed by atoms with Gasteiger partial charge < -0.3 is 10.1 Å². The van der Waals surface area contributed by atoms with Gasteiger partial charge in [0, 0.05) is 19.6 Å². The first-order chi connectivity index (χ1) is 10.9. The van der Waals surface area contributed by atoms with Crippen molar-refractivity contribution in [2.24, 2.45) is 0 Å². The van der Waals surface area contributed by atoms with Gasteiger partial charge in [-0.2, -0.15) is 13.2 Å². The van der Waals surface area contributed by atoms with Crippen molar-refractivity contribution in [1.29, 1.82) is 0 Å². The number of nitrogens with one attached hydrogen (secondary N) is 1. The Hall–Kier alpha value is -1.60. The van der Waals surface area contributed by atoms with Crippen LogP contribution in [0.5, 0.6) is 0 Å². The number of carbonyl (C=O) groups excluding carboxylic acids is 1. The Bertz CT molecular complexity index is 534. The maximum absolute atomic E-state index is 12.1. The number of ether oxygens (including phenoxy) is 1. The number of halogens is 3. The van der Waals surface area contributed by atoms with Crippen LogP contribution in [0.1, 0.15) is 18.1 Å². The standard InChI is InChI=1S/C16H21F3N2O2/c1-12(15(22)20-7-9-23-11-16(17,18)19)21-8-6-13-4-2-3-5-14(13)10-21/h2-5,12H,6-11H2,1H3,(H,20,22)/t12-/m1/s1. The van der Waals surface area contributed by atoms with Crippen LogP contribution in [0.15, 0.2) is 24.3 Å². The predicted molar refractivity (Wildman–Crippen MR) is 79.9 cm³/mol. The van der Waals surface area contributed by atoms with Crippen LogP contribution in [0, 0.1) is 0 Å². The molecule has 23 heavy (non-hydrogen) atoms. The zero-order chi connectivity index (χ0) is 16.9. The third kappa shape index (κ3) is 5.51. The zero-order valence-corrected chi connectivity index (χ0v) is 13.0. The normalized spacial score (nSPS) is 16.7. The largest absolute Gasteiger partial charge is 0.411 e. The second kappa shape index (κ2) is 7.79. The van der Waals surface area contributed by atoms with Gasteiger partial charge in [-0.15, -0.1) is 0 Å². The molecule has 1 N–H and O–H groups in total. The van der Waals surface area contributed by atoms with Gasteiger partial charge in [-0.05, 0) is 24.5 Å². The summed E-state index contributed by atoms with van der Waals surface area (Å²) in [6.45, 7) is 1.93. The molecule has 0 fully saturated rings. The number of hydrogen-bond donors (Lipinski definition) is 1. The Morgan fingerprint density at radius 3 is 2.74 bits per heavy atom. The maximum atomic E-state index is 12.1. The highest BCUT2D eigenvalue weighted by molar-refractivity contribution is 5.81. The minimum absolute atomic E-state index is 0.0731. The Kier molecular flexibility index (Phi) is 6.01. The third-order valence-electron chi connectivity index (χ3n) is 3.90. The molecule has 128 valence electrons. The van der Waals surface area contributed by atoms with Crippen LogP contribution < -0.4 is 5.32 Å². The lowest BCUT2D eigenvalue weighted by molar-refractivity contribution is -0.173. The van der Waals surface area contributed by atoms with E-state index in [9.17, 15) is 18.0 Å². The van der Waals surface area contributed by atoms with Crippen LogP contribution in [0.25, 0.3) is 0 Å². The highest BCUT2D eigenvalue weighted by Gasteiger charge is 2.27. The lowest BCUT2D eigenvalue weighted by Crippen LogP contribution is -2.47. The number of hydrogen-bond acceptors (Lipinski definition) is 3. The molecule has 1 aliphatic heterocycles. The van der Waals surface area contributed by atoms with Crippen molar-refractivity contribution in [2.45, 2.75) is 32.1 Å². The minimum atomic E-state index is -4.33. The van der Waals surface area contributed by atoms with E-state index >= 15 is 0 Å². The molecule has 4 nitrogen and oxygen atoms in total. The summed E-state index contributed by atoms with van der Waals surface area (Å²) in [6.07, 6.45) is -3.44. The molecular formula is C16H21F3N2O2. The van der Waals surface area contributed by atoms with Crippen molar-refractivity contribution in [2.75, 3.05) is 26.3 Å². The van der Waals surface area contributed by atoms with Crippen LogP contribution in [-0.4, -0.2) is 49.3 Å². The fourth-order valence-corrected chi connectivity index (χ4v) is 2.60. The third-order valence-corrected chi connectivity index (χ3v) is 3.90. The second-order valence-electron chi connectivity index (χ2n) is 5.62. The smallest absolute Gasteiger partial charge is 0.370 e. The molecule has 1 heterocycles. The van der Waals surface area contributed by atoms with Crippen LogP contribution in [0.3, 0.4) is 0 Å². The number of fused-ring (bicyclic) bond motifs is 1. The summed E-state index contributed by atoms with van der Waals surface area (Å²) in [6, 6.07) is 7.80. The summed E-state index contributed by atoms with van der Waals surface area (Å²) < 4.78 is 40.2. The number of nitrogens with zero attached hydrogens (tertiary/aromatic N) is 1. The average Bonchev–Trinajstić information content (AvgIpc) is 2.52. The van der Waals surface area contributed by atoms with Gasteiger partial charge in [0.2, 0.25) is 5.91 Å². The molecule has 1 aromatic carbocycles. The van der Waals surface area contributed by atoms with Gasteiger partial charge in [-0.25, -0.2) is 0 Å². The fourth-order valence-electron chi connectivity index (χ4n) is 2.60. The van der Waals surface area contributed by atoms with E-state index in [1.807, 2.05) is 12.1 Å². The molecule has 7 heteroatoms. The van der Waals surface area contributed by atoms with E-state index in [-0.39, 0.29) is 25.1 Å². The van der Waals surface area contributed by atoms with Gasteiger partial charge in [0.25, 0.3) is 0 Å². The monoisotopic (exact) mass is 330 g/mol. The molecule has 0 spiro atoms. The molecule has 1 atom stereocenters. The number of carbonyl (C=O) groups is 1. The number of alkyl halides is 3. The van der Waals surface area contributed by atoms with E-state index in [0.717, 1.165) is 13.0 Å². The SMILES string of the molecule is C[C@H](C(=O)NCCOCC(F)(F)F)N1CCc2ccccc2C1. The van der Waals surface area contributed by atoms with Crippen molar-refractivity contribution in [3.63, 3.8) is 0 Å². The van der Waals surface area contributed by atoms with E-state index in [1.165, 1.54) is 11.1 Å². The van der Waals surface area contributed by atoms with E-state index in [0.29, 0.717) is 6.54 Å². The van der Waals surface area contributed by atoms with Crippen molar-refractivity contribution < 1.29 is 22.7 Å².